The standard InChI is InChI=1S/C18H21BrN2O3S/c1-4-21-11-6-5-7-12(22)14(11)16(20-18(21)25)10-8-9-13(23-2)17(24-3)15(10)19/h8-9,16H,4-7H2,1-3H3,(H,20,25). The summed E-state index contributed by atoms with van der Waals surface area (Å²) in [6.07, 6.45) is 2.32. The predicted octanol–water partition coefficient (Wildman–Crippen LogP) is 3.72. The molecule has 1 unspecified atom stereocenters. The van der Waals surface area contributed by atoms with Crippen molar-refractivity contribution in [3.8, 4) is 11.5 Å². The predicted molar refractivity (Wildman–Crippen MR) is 104 cm³/mol. The fourth-order valence-electron chi connectivity index (χ4n) is 3.55. The molecule has 1 atom stereocenters. The Balaban J connectivity index is 2.16. The first-order valence-electron chi connectivity index (χ1n) is 8.28. The van der Waals surface area contributed by atoms with Crippen molar-refractivity contribution in [2.75, 3.05) is 20.8 Å². The minimum absolute atomic E-state index is 0.182. The Kier molecular flexibility index (Phi) is 5.34. The molecule has 0 amide bonds. The lowest BCUT2D eigenvalue weighted by molar-refractivity contribution is -0.116. The number of nitrogens with zero attached hydrogens (tertiary/aromatic N) is 1. The van der Waals surface area contributed by atoms with Crippen LogP contribution >= 0.6 is 28.1 Å². The number of ketones is 1. The normalized spacial score (nSPS) is 20.3. The largest absolute Gasteiger partial charge is 0.493 e. The molecule has 0 saturated heterocycles. The molecule has 1 aromatic rings. The molecule has 1 aromatic carbocycles. The fourth-order valence-corrected chi connectivity index (χ4v) is 4.62. The molecule has 5 nitrogen and oxygen atoms in total. The highest BCUT2D eigenvalue weighted by Gasteiger charge is 2.37. The van der Waals surface area contributed by atoms with Crippen LogP contribution in [0.4, 0.5) is 0 Å². The number of benzene rings is 1. The molecular weight excluding hydrogens is 404 g/mol. The van der Waals surface area contributed by atoms with E-state index in [0.717, 1.165) is 40.7 Å². The van der Waals surface area contributed by atoms with Crippen LogP contribution in [-0.2, 0) is 4.79 Å². The summed E-state index contributed by atoms with van der Waals surface area (Å²) >= 11 is 9.18. The first kappa shape index (κ1) is 18.2. The van der Waals surface area contributed by atoms with Crippen LogP contribution in [0.15, 0.2) is 27.9 Å². The number of Topliss-reactive ketones (excluding diaryl/α,β-unsaturated/α-hetero) is 1. The van der Waals surface area contributed by atoms with Crippen molar-refractivity contribution in [3.63, 3.8) is 0 Å². The van der Waals surface area contributed by atoms with Gasteiger partial charge in [-0.1, -0.05) is 6.07 Å². The molecule has 2 aliphatic rings. The summed E-state index contributed by atoms with van der Waals surface area (Å²) in [7, 11) is 3.20. The van der Waals surface area contributed by atoms with Gasteiger partial charge in [0.05, 0.1) is 24.7 Å². The van der Waals surface area contributed by atoms with E-state index in [9.17, 15) is 4.79 Å². The quantitative estimate of drug-likeness (QED) is 0.743. The first-order valence-corrected chi connectivity index (χ1v) is 9.48. The molecule has 0 aromatic heterocycles. The number of halogens is 1. The minimum Gasteiger partial charge on any atom is -0.493 e. The van der Waals surface area contributed by atoms with Crippen molar-refractivity contribution in [3.05, 3.63) is 33.4 Å². The Morgan fingerprint density at radius 3 is 2.72 bits per heavy atom. The van der Waals surface area contributed by atoms with Gasteiger partial charge in [-0.3, -0.25) is 4.79 Å². The summed E-state index contributed by atoms with van der Waals surface area (Å²) in [6, 6.07) is 3.51. The highest BCUT2D eigenvalue weighted by Crippen LogP contribution is 2.44. The molecule has 0 spiro atoms. The number of carbonyl (C=O) groups excluding carboxylic acids is 1. The first-order chi connectivity index (χ1) is 12.0. The molecule has 0 bridgehead atoms. The number of methoxy groups -OCH3 is 2. The molecule has 25 heavy (non-hydrogen) atoms. The Morgan fingerprint density at radius 1 is 1.32 bits per heavy atom. The maximum absolute atomic E-state index is 12.7. The number of hydrogen-bond acceptors (Lipinski definition) is 4. The van der Waals surface area contributed by atoms with Gasteiger partial charge in [-0.05, 0) is 59.5 Å². The van der Waals surface area contributed by atoms with Gasteiger partial charge in [0.1, 0.15) is 0 Å². The lowest BCUT2D eigenvalue weighted by Crippen LogP contribution is -2.49. The molecule has 1 aliphatic carbocycles. The van der Waals surface area contributed by atoms with Gasteiger partial charge in [-0.2, -0.15) is 0 Å². The van der Waals surface area contributed by atoms with Crippen LogP contribution in [-0.4, -0.2) is 36.6 Å². The zero-order valence-electron chi connectivity index (χ0n) is 14.5. The maximum atomic E-state index is 12.7. The topological polar surface area (TPSA) is 50.8 Å². The van der Waals surface area contributed by atoms with Crippen molar-refractivity contribution in [1.29, 1.82) is 0 Å². The van der Waals surface area contributed by atoms with Gasteiger partial charge < -0.3 is 19.7 Å². The van der Waals surface area contributed by atoms with Gasteiger partial charge in [0.25, 0.3) is 0 Å². The van der Waals surface area contributed by atoms with Gasteiger partial charge >= 0.3 is 0 Å². The lowest BCUT2D eigenvalue weighted by Gasteiger charge is -2.40. The molecule has 0 radical (unpaired) electrons. The second-order valence-electron chi connectivity index (χ2n) is 5.97. The summed E-state index contributed by atoms with van der Waals surface area (Å²) in [5.74, 6) is 1.42. The van der Waals surface area contributed by atoms with Crippen LogP contribution in [0.3, 0.4) is 0 Å². The number of carbonyl (C=O) groups is 1. The molecule has 7 heteroatoms. The smallest absolute Gasteiger partial charge is 0.175 e. The van der Waals surface area contributed by atoms with Crippen molar-refractivity contribution in [2.24, 2.45) is 0 Å². The molecule has 134 valence electrons. The lowest BCUT2D eigenvalue weighted by atomic mass is 9.84. The van der Waals surface area contributed by atoms with Gasteiger partial charge in [-0.25, -0.2) is 0 Å². The molecule has 1 aliphatic heterocycles. The average molecular weight is 425 g/mol. The van der Waals surface area contributed by atoms with Gasteiger partial charge in [-0.15, -0.1) is 0 Å². The van der Waals surface area contributed by atoms with E-state index in [1.807, 2.05) is 24.0 Å². The fraction of sp³-hybridized carbons (Fsp3) is 0.444. The number of nitrogens with one attached hydrogen (secondary N) is 1. The van der Waals surface area contributed by atoms with E-state index < -0.39 is 0 Å². The highest BCUT2D eigenvalue weighted by molar-refractivity contribution is 9.10. The van der Waals surface area contributed by atoms with Gasteiger partial charge in [0.2, 0.25) is 0 Å². The summed E-state index contributed by atoms with van der Waals surface area (Å²) in [4.78, 5) is 14.8. The molecule has 0 saturated carbocycles. The van der Waals surface area contributed by atoms with Crippen molar-refractivity contribution in [2.45, 2.75) is 32.2 Å². The summed E-state index contributed by atoms with van der Waals surface area (Å²) in [5.41, 5.74) is 2.78. The molecule has 3 rings (SSSR count). The van der Waals surface area contributed by atoms with Crippen LogP contribution in [0.1, 0.15) is 37.8 Å². The van der Waals surface area contributed by atoms with E-state index in [-0.39, 0.29) is 11.8 Å². The molecular formula is C18H21BrN2O3S. The van der Waals surface area contributed by atoms with Crippen LogP contribution in [0.5, 0.6) is 11.5 Å². The van der Waals surface area contributed by atoms with E-state index in [1.54, 1.807) is 14.2 Å². The monoisotopic (exact) mass is 424 g/mol. The van der Waals surface area contributed by atoms with Gasteiger partial charge in [0, 0.05) is 24.2 Å². The number of rotatable bonds is 4. The summed E-state index contributed by atoms with van der Waals surface area (Å²) in [6.45, 7) is 2.79. The third kappa shape index (κ3) is 3.04. The van der Waals surface area contributed by atoms with Gasteiger partial charge in [0.15, 0.2) is 22.4 Å². The third-order valence-corrected chi connectivity index (χ3v) is 5.85. The Labute approximate surface area is 161 Å². The second kappa shape index (κ2) is 7.33. The van der Waals surface area contributed by atoms with E-state index in [1.165, 1.54) is 0 Å². The average Bonchev–Trinajstić information content (AvgIpc) is 2.61. The number of ether oxygens (including phenoxy) is 2. The van der Waals surface area contributed by atoms with E-state index in [4.69, 9.17) is 21.7 Å². The van der Waals surface area contributed by atoms with Crippen LogP contribution < -0.4 is 14.8 Å². The summed E-state index contributed by atoms with van der Waals surface area (Å²) < 4.78 is 11.6. The van der Waals surface area contributed by atoms with Crippen LogP contribution in [0.2, 0.25) is 0 Å². The zero-order valence-corrected chi connectivity index (χ0v) is 16.9. The zero-order chi connectivity index (χ0) is 18.1. The SMILES string of the molecule is CCN1C(=S)NC(c2ccc(OC)c(OC)c2Br)C2=C1CCCC2=O. The Hall–Kier alpha value is -1.60. The number of hydrogen-bond donors (Lipinski definition) is 1. The highest BCUT2D eigenvalue weighted by atomic mass is 79.9. The Bertz CT molecular complexity index is 763. The van der Waals surface area contributed by atoms with Crippen molar-refractivity contribution >= 4 is 39.0 Å². The van der Waals surface area contributed by atoms with E-state index in [0.29, 0.717) is 23.0 Å². The van der Waals surface area contributed by atoms with Crippen molar-refractivity contribution < 1.29 is 14.3 Å². The van der Waals surface area contributed by atoms with Crippen molar-refractivity contribution in [1.82, 2.24) is 10.2 Å². The minimum atomic E-state index is -0.285. The number of thiocarbonyl (C=S) groups is 1. The van der Waals surface area contributed by atoms with E-state index >= 15 is 0 Å². The molecule has 1 N–H and O–H groups in total. The summed E-state index contributed by atoms with van der Waals surface area (Å²) in [5, 5.41) is 4.00. The number of allylic oxidation sites excluding steroid dienone is 1. The molecule has 1 heterocycles. The molecule has 0 fully saturated rings. The third-order valence-electron chi connectivity index (χ3n) is 4.70. The Morgan fingerprint density at radius 2 is 2.08 bits per heavy atom. The maximum Gasteiger partial charge on any atom is 0.175 e. The van der Waals surface area contributed by atoms with Crippen LogP contribution in [0, 0.1) is 0 Å². The van der Waals surface area contributed by atoms with E-state index in [2.05, 4.69) is 21.2 Å². The van der Waals surface area contributed by atoms with Crippen LogP contribution in [0.25, 0.3) is 0 Å². The second-order valence-corrected chi connectivity index (χ2v) is 7.15.